The Kier molecular flexibility index (Phi) is 4.68. The van der Waals surface area contributed by atoms with Crippen molar-refractivity contribution in [1.82, 2.24) is 24.9 Å². The largest absolute Gasteiger partial charge is 0.483 e. The highest BCUT2D eigenvalue weighted by Gasteiger charge is 2.32. The van der Waals surface area contributed by atoms with Crippen molar-refractivity contribution >= 4 is 17.4 Å². The monoisotopic (exact) mass is 422 g/mol. The van der Waals surface area contributed by atoms with Crippen LogP contribution in [0.15, 0.2) is 30.6 Å². The fourth-order valence-corrected chi connectivity index (χ4v) is 4.34. The minimum atomic E-state index is -0.253. The molecule has 0 aliphatic carbocycles. The van der Waals surface area contributed by atoms with E-state index in [4.69, 9.17) is 9.47 Å². The first-order valence-electron chi connectivity index (χ1n) is 10.5. The molecule has 9 nitrogen and oxygen atoms in total. The summed E-state index contributed by atoms with van der Waals surface area (Å²) < 4.78 is 13.7. The van der Waals surface area contributed by atoms with Gasteiger partial charge >= 0.3 is 0 Å². The second-order valence-corrected chi connectivity index (χ2v) is 8.76. The van der Waals surface area contributed by atoms with Crippen molar-refractivity contribution in [2.45, 2.75) is 45.3 Å². The van der Waals surface area contributed by atoms with E-state index in [1.54, 1.807) is 6.20 Å². The molecule has 1 saturated heterocycles. The van der Waals surface area contributed by atoms with Crippen LogP contribution in [-0.4, -0.2) is 56.8 Å². The molecule has 5 rings (SSSR count). The highest BCUT2D eigenvalue weighted by Crippen LogP contribution is 2.41. The van der Waals surface area contributed by atoms with Gasteiger partial charge in [-0.3, -0.25) is 9.20 Å². The zero-order valence-electron chi connectivity index (χ0n) is 18.0. The number of aromatic nitrogens is 4. The maximum absolute atomic E-state index is 12.5. The summed E-state index contributed by atoms with van der Waals surface area (Å²) in [5, 5.41) is 11.4. The normalized spacial score (nSPS) is 19.3. The van der Waals surface area contributed by atoms with E-state index in [2.05, 4.69) is 25.4 Å². The van der Waals surface area contributed by atoms with Gasteiger partial charge in [0.15, 0.2) is 23.9 Å². The zero-order chi connectivity index (χ0) is 21.6. The fraction of sp³-hybridized carbons (Fsp3) is 0.455. The van der Waals surface area contributed by atoms with Crippen LogP contribution < -0.4 is 19.7 Å². The van der Waals surface area contributed by atoms with Gasteiger partial charge in [0.25, 0.3) is 5.91 Å². The van der Waals surface area contributed by atoms with Crippen LogP contribution in [0.25, 0.3) is 5.65 Å². The minimum absolute atomic E-state index is 0.0267. The molecule has 1 fully saturated rings. The number of anilines is 1. The average Bonchev–Trinajstić information content (AvgIpc) is 3.42. The summed E-state index contributed by atoms with van der Waals surface area (Å²) in [6.07, 6.45) is 5.27. The second kappa shape index (κ2) is 7.40. The van der Waals surface area contributed by atoms with E-state index in [0.29, 0.717) is 12.3 Å². The molecule has 0 bridgehead atoms. The molecule has 0 saturated carbocycles. The molecular weight excluding hydrogens is 396 g/mol. The lowest BCUT2D eigenvalue weighted by molar-refractivity contribution is -0.123. The van der Waals surface area contributed by atoms with Gasteiger partial charge in [0.1, 0.15) is 11.4 Å². The summed E-state index contributed by atoms with van der Waals surface area (Å²) >= 11 is 0. The van der Waals surface area contributed by atoms with E-state index in [-0.39, 0.29) is 24.2 Å². The average molecular weight is 422 g/mol. The number of benzene rings is 1. The van der Waals surface area contributed by atoms with Gasteiger partial charge in [-0.15, -0.1) is 10.2 Å². The quantitative estimate of drug-likeness (QED) is 0.671. The van der Waals surface area contributed by atoms with E-state index in [9.17, 15) is 4.79 Å². The lowest BCUT2D eigenvalue weighted by atomic mass is 10.0. The summed E-state index contributed by atoms with van der Waals surface area (Å²) in [6, 6.07) is 5.84. The number of carbonyl (C=O) groups is 1. The van der Waals surface area contributed by atoms with E-state index in [0.717, 1.165) is 48.0 Å². The highest BCUT2D eigenvalue weighted by molar-refractivity contribution is 5.78. The molecule has 2 aliphatic heterocycles. The van der Waals surface area contributed by atoms with Gasteiger partial charge in [-0.1, -0.05) is 12.1 Å². The number of aryl methyl sites for hydroxylation is 1. The number of rotatable bonds is 5. The molecule has 31 heavy (non-hydrogen) atoms. The van der Waals surface area contributed by atoms with Gasteiger partial charge in [0.05, 0.1) is 0 Å². The molecular formula is C22H26N6O3. The SMILES string of the molecule is Cc1nnc2c(N3CC[C@@H](NC(=O)COc4cccc5c4OC(C)(C)C5)C3)nccn12. The maximum Gasteiger partial charge on any atom is 0.258 e. The summed E-state index contributed by atoms with van der Waals surface area (Å²) in [4.78, 5) is 19.1. The molecule has 162 valence electrons. The maximum atomic E-state index is 12.5. The number of hydrogen-bond donors (Lipinski definition) is 1. The number of nitrogens with one attached hydrogen (secondary N) is 1. The standard InChI is InChI=1S/C22H26N6O3/c1-14-25-26-21-20(23-8-10-28(14)21)27-9-7-16(12-27)24-18(29)13-30-17-6-4-5-15-11-22(2,3)31-19(15)17/h4-6,8,10,16H,7,9,11-13H2,1-3H3,(H,24,29)/t16-/m1/s1. The lowest BCUT2D eigenvalue weighted by Gasteiger charge is -2.19. The minimum Gasteiger partial charge on any atom is -0.483 e. The van der Waals surface area contributed by atoms with Crippen molar-refractivity contribution in [3.8, 4) is 11.5 Å². The van der Waals surface area contributed by atoms with Gasteiger partial charge in [-0.05, 0) is 33.3 Å². The van der Waals surface area contributed by atoms with Crippen LogP contribution in [0.2, 0.25) is 0 Å². The Morgan fingerprint density at radius 1 is 1.35 bits per heavy atom. The Morgan fingerprint density at radius 2 is 2.23 bits per heavy atom. The molecule has 0 radical (unpaired) electrons. The van der Waals surface area contributed by atoms with Crippen molar-refractivity contribution in [2.24, 2.45) is 0 Å². The third-order valence-electron chi connectivity index (χ3n) is 5.75. The van der Waals surface area contributed by atoms with Gasteiger partial charge in [-0.2, -0.15) is 0 Å². The number of fused-ring (bicyclic) bond motifs is 2. The van der Waals surface area contributed by atoms with Gasteiger partial charge in [0, 0.05) is 43.5 Å². The van der Waals surface area contributed by atoms with Crippen LogP contribution >= 0.6 is 0 Å². The van der Waals surface area contributed by atoms with Crippen molar-refractivity contribution in [1.29, 1.82) is 0 Å². The van der Waals surface area contributed by atoms with Crippen molar-refractivity contribution in [3.63, 3.8) is 0 Å². The number of hydrogen-bond acceptors (Lipinski definition) is 7. The first-order valence-corrected chi connectivity index (χ1v) is 10.5. The first kappa shape index (κ1) is 19.6. The van der Waals surface area contributed by atoms with Crippen molar-refractivity contribution < 1.29 is 14.3 Å². The van der Waals surface area contributed by atoms with Crippen LogP contribution in [-0.2, 0) is 11.2 Å². The Bertz CT molecular complexity index is 1140. The van der Waals surface area contributed by atoms with E-state index >= 15 is 0 Å². The molecule has 9 heteroatoms. The molecule has 1 amide bonds. The molecule has 0 unspecified atom stereocenters. The summed E-state index contributed by atoms with van der Waals surface area (Å²) in [5.74, 6) is 2.82. The van der Waals surface area contributed by atoms with E-state index in [1.807, 2.05) is 49.6 Å². The Hall–Kier alpha value is -3.36. The molecule has 1 N–H and O–H groups in total. The summed E-state index contributed by atoms with van der Waals surface area (Å²) in [7, 11) is 0. The predicted octanol–water partition coefficient (Wildman–Crippen LogP) is 1.92. The van der Waals surface area contributed by atoms with E-state index < -0.39 is 0 Å². The number of carbonyl (C=O) groups excluding carboxylic acids is 1. The van der Waals surface area contributed by atoms with E-state index in [1.165, 1.54) is 0 Å². The number of para-hydroxylation sites is 1. The zero-order valence-corrected chi connectivity index (χ0v) is 18.0. The molecule has 1 aromatic carbocycles. The van der Waals surface area contributed by atoms with Crippen LogP contribution in [0, 0.1) is 6.92 Å². The van der Waals surface area contributed by atoms with Crippen LogP contribution in [0.1, 0.15) is 31.7 Å². The summed E-state index contributed by atoms with van der Waals surface area (Å²) in [5.41, 5.74) is 1.59. The topological polar surface area (TPSA) is 93.9 Å². The highest BCUT2D eigenvalue weighted by atomic mass is 16.5. The molecule has 2 aromatic heterocycles. The van der Waals surface area contributed by atoms with Crippen molar-refractivity contribution in [3.05, 3.63) is 42.0 Å². The third kappa shape index (κ3) is 3.75. The van der Waals surface area contributed by atoms with Crippen LogP contribution in [0.4, 0.5) is 5.82 Å². The van der Waals surface area contributed by atoms with Crippen LogP contribution in [0.5, 0.6) is 11.5 Å². The smallest absolute Gasteiger partial charge is 0.258 e. The molecule has 4 heterocycles. The number of amides is 1. The van der Waals surface area contributed by atoms with Crippen molar-refractivity contribution in [2.75, 3.05) is 24.6 Å². The Balaban J connectivity index is 1.19. The van der Waals surface area contributed by atoms with Crippen LogP contribution in [0.3, 0.4) is 0 Å². The molecule has 1 atom stereocenters. The third-order valence-corrected chi connectivity index (χ3v) is 5.75. The number of nitrogens with zero attached hydrogens (tertiary/aromatic N) is 5. The van der Waals surface area contributed by atoms with Gasteiger partial charge < -0.3 is 19.7 Å². The Morgan fingerprint density at radius 3 is 3.10 bits per heavy atom. The molecule has 3 aromatic rings. The van der Waals surface area contributed by atoms with Gasteiger partial charge in [-0.25, -0.2) is 4.98 Å². The van der Waals surface area contributed by atoms with Gasteiger partial charge in [0.2, 0.25) is 5.65 Å². The molecule has 0 spiro atoms. The summed E-state index contributed by atoms with van der Waals surface area (Å²) in [6.45, 7) is 7.41. The molecule has 2 aliphatic rings. The predicted molar refractivity (Wildman–Crippen MR) is 115 cm³/mol. The fourth-order valence-electron chi connectivity index (χ4n) is 4.34. The number of ether oxygens (including phenoxy) is 2. The second-order valence-electron chi connectivity index (χ2n) is 8.76. The lowest BCUT2D eigenvalue weighted by Crippen LogP contribution is -2.39. The first-order chi connectivity index (χ1) is 14.9. The Labute approximate surface area is 180 Å².